The molecular formula is C60H100O7P2. The topological polar surface area (TPSA) is 113 Å². The fourth-order valence-corrected chi connectivity index (χ4v) is 9.13. The van der Waals surface area contributed by atoms with Crippen LogP contribution in [0.4, 0.5) is 0 Å². The Balaban J connectivity index is 4.32. The lowest BCUT2D eigenvalue weighted by atomic mass is 10.0. The summed E-state index contributed by atoms with van der Waals surface area (Å²) in [6.45, 7) is 28.6. The van der Waals surface area contributed by atoms with Crippen LogP contribution in [0.25, 0.3) is 0 Å². The SMILES string of the molecule is CC(C)=CCC/C(C)=C/CC/C(C)=C/CC/C(C)=C\CC/C(C)=C\CC/C(C)=C\CC/C(C)=C\CC/C(C)=C\CC/C(C)=C\CC/C(C)=C\CC/C(C)=C\CC/C(C)=C\COP(=O)(O)OP(=O)(O)O. The van der Waals surface area contributed by atoms with Crippen LogP contribution < -0.4 is 0 Å². The van der Waals surface area contributed by atoms with Crippen LogP contribution in [0.2, 0.25) is 0 Å². The van der Waals surface area contributed by atoms with Crippen molar-refractivity contribution in [2.45, 2.75) is 231 Å². The number of hydrogen-bond acceptors (Lipinski definition) is 4. The summed E-state index contributed by atoms with van der Waals surface area (Å²) >= 11 is 0. The largest absolute Gasteiger partial charge is 0.481 e. The average molecular weight is 995 g/mol. The minimum atomic E-state index is -5.11. The highest BCUT2D eigenvalue weighted by atomic mass is 31.3. The second-order valence-electron chi connectivity index (χ2n) is 20.1. The van der Waals surface area contributed by atoms with Crippen molar-refractivity contribution >= 4 is 15.6 Å². The van der Waals surface area contributed by atoms with Crippen molar-refractivity contribution in [1.82, 2.24) is 0 Å². The molecule has 0 heterocycles. The fourth-order valence-electron chi connectivity index (χ4n) is 7.61. The monoisotopic (exact) mass is 995 g/mol. The van der Waals surface area contributed by atoms with Crippen LogP contribution in [0.5, 0.6) is 0 Å². The molecule has 0 rings (SSSR count). The Bertz CT molecular complexity index is 1960. The molecule has 0 fully saturated rings. The van der Waals surface area contributed by atoms with Crippen LogP contribution in [-0.2, 0) is 18.0 Å². The molecule has 392 valence electrons. The summed E-state index contributed by atoms with van der Waals surface area (Å²) in [6.07, 6.45) is 52.0. The first-order chi connectivity index (χ1) is 32.5. The van der Waals surface area contributed by atoms with Gasteiger partial charge in [-0.3, -0.25) is 4.52 Å². The van der Waals surface area contributed by atoms with E-state index in [2.05, 4.69) is 159 Å². The van der Waals surface area contributed by atoms with Crippen molar-refractivity contribution in [2.75, 3.05) is 6.61 Å². The third-order valence-corrected chi connectivity index (χ3v) is 14.4. The molecule has 3 N–H and O–H groups in total. The molecule has 69 heavy (non-hydrogen) atoms. The predicted octanol–water partition coefficient (Wildman–Crippen LogP) is 20.2. The summed E-state index contributed by atoms with van der Waals surface area (Å²) in [5.41, 5.74) is 17.1. The van der Waals surface area contributed by atoms with E-state index in [1.807, 2.05) is 6.92 Å². The average Bonchev–Trinajstić information content (AvgIpc) is 3.22. The molecule has 0 aromatic heterocycles. The Morgan fingerprint density at radius 1 is 0.304 bits per heavy atom. The van der Waals surface area contributed by atoms with E-state index in [9.17, 15) is 14.0 Å². The van der Waals surface area contributed by atoms with Crippen molar-refractivity contribution in [3.05, 3.63) is 140 Å². The summed E-state index contributed by atoms with van der Waals surface area (Å²) in [6, 6.07) is 0. The molecule has 1 atom stereocenters. The lowest BCUT2D eigenvalue weighted by Crippen LogP contribution is -1.94. The van der Waals surface area contributed by atoms with Crippen molar-refractivity contribution in [1.29, 1.82) is 0 Å². The van der Waals surface area contributed by atoms with Gasteiger partial charge < -0.3 is 14.7 Å². The first kappa shape index (κ1) is 66.1. The van der Waals surface area contributed by atoms with Crippen LogP contribution in [0.1, 0.15) is 231 Å². The molecule has 0 amide bonds. The number of allylic oxidation sites excluding steroid dienone is 23. The van der Waals surface area contributed by atoms with Crippen LogP contribution in [0, 0.1) is 0 Å². The van der Waals surface area contributed by atoms with Crippen molar-refractivity contribution in [3.8, 4) is 0 Å². The van der Waals surface area contributed by atoms with Gasteiger partial charge in [-0.2, -0.15) is 4.31 Å². The lowest BCUT2D eigenvalue weighted by molar-refractivity contribution is 0.191. The second kappa shape index (κ2) is 39.7. The Hall–Kier alpha value is -2.86. The van der Waals surface area contributed by atoms with E-state index < -0.39 is 15.6 Å². The summed E-state index contributed by atoms with van der Waals surface area (Å²) in [5.74, 6) is 0. The van der Waals surface area contributed by atoms with E-state index in [1.54, 1.807) is 6.08 Å². The third-order valence-electron chi connectivity index (χ3n) is 12.3. The summed E-state index contributed by atoms with van der Waals surface area (Å²) in [4.78, 5) is 26.7. The Kier molecular flexibility index (Phi) is 38.1. The third kappa shape index (κ3) is 44.8. The van der Waals surface area contributed by atoms with E-state index >= 15 is 0 Å². The molecule has 0 aliphatic carbocycles. The van der Waals surface area contributed by atoms with Gasteiger partial charge in [0.05, 0.1) is 6.61 Å². The summed E-state index contributed by atoms with van der Waals surface area (Å²) < 4.78 is 30.7. The van der Waals surface area contributed by atoms with E-state index in [1.165, 1.54) is 74.1 Å². The number of phosphoric ester groups is 1. The van der Waals surface area contributed by atoms with Gasteiger partial charge in [0.25, 0.3) is 0 Å². The van der Waals surface area contributed by atoms with E-state index in [0.717, 1.165) is 134 Å². The van der Waals surface area contributed by atoms with Gasteiger partial charge in [-0.15, -0.1) is 0 Å². The summed E-state index contributed by atoms with van der Waals surface area (Å²) in [7, 11) is -9.92. The zero-order chi connectivity index (χ0) is 52.1. The molecule has 0 spiro atoms. The lowest BCUT2D eigenvalue weighted by Gasteiger charge is -2.11. The molecule has 0 aliphatic heterocycles. The van der Waals surface area contributed by atoms with Gasteiger partial charge in [0.1, 0.15) is 0 Å². The first-order valence-corrected chi connectivity index (χ1v) is 29.1. The van der Waals surface area contributed by atoms with Crippen LogP contribution >= 0.6 is 15.6 Å². The maximum absolute atomic E-state index is 11.5. The molecule has 0 saturated heterocycles. The highest BCUT2D eigenvalue weighted by Gasteiger charge is 2.31. The number of phosphoric acid groups is 2. The zero-order valence-corrected chi connectivity index (χ0v) is 47.8. The van der Waals surface area contributed by atoms with Crippen LogP contribution in [0.3, 0.4) is 0 Å². The Morgan fingerprint density at radius 3 is 0.652 bits per heavy atom. The molecule has 0 aliphatic rings. The highest BCUT2D eigenvalue weighted by Crippen LogP contribution is 2.57. The number of rotatable bonds is 38. The van der Waals surface area contributed by atoms with Crippen molar-refractivity contribution in [2.24, 2.45) is 0 Å². The Labute approximate surface area is 424 Å². The molecule has 0 aromatic rings. The molecule has 7 nitrogen and oxygen atoms in total. The van der Waals surface area contributed by atoms with Gasteiger partial charge >= 0.3 is 15.6 Å². The highest BCUT2D eigenvalue weighted by molar-refractivity contribution is 7.60. The molecule has 0 aromatic carbocycles. The van der Waals surface area contributed by atoms with Gasteiger partial charge in [0, 0.05) is 0 Å². The van der Waals surface area contributed by atoms with E-state index in [4.69, 9.17) is 9.79 Å². The molecular weight excluding hydrogens is 895 g/mol. The standard InChI is InChI=1S/C60H100O7P2/c1-49(2)25-14-26-50(3)27-15-28-51(4)29-16-30-52(5)31-17-32-53(6)33-18-34-54(7)35-19-36-55(8)37-20-38-56(9)39-21-40-57(10)41-22-42-58(11)43-23-44-59(12)45-24-46-60(13)47-48-66-69(64,65)67-68(61,62)63/h25,27,29,31,33,35,37,39,41,43,45,47H,14-24,26,28,30,32,34,36,38,40,42,44,46,48H2,1-13H3,(H,64,65)(H2,61,62,63)/b50-27+,51-29+,52-31-,53-33-,54-35-,55-37-,56-39-,57-41-,58-43-,59-45-,60-47-. The molecule has 0 saturated carbocycles. The van der Waals surface area contributed by atoms with E-state index in [0.29, 0.717) is 0 Å². The second-order valence-corrected chi connectivity index (χ2v) is 22.9. The minimum Gasteiger partial charge on any atom is -0.302 e. The van der Waals surface area contributed by atoms with Crippen molar-refractivity contribution in [3.63, 3.8) is 0 Å². The fraction of sp³-hybridized carbons (Fsp3) is 0.600. The van der Waals surface area contributed by atoms with Gasteiger partial charge in [0.2, 0.25) is 0 Å². The molecule has 1 unspecified atom stereocenters. The molecule has 0 radical (unpaired) electrons. The van der Waals surface area contributed by atoms with Crippen LogP contribution in [-0.4, -0.2) is 21.3 Å². The van der Waals surface area contributed by atoms with Gasteiger partial charge in [0.15, 0.2) is 0 Å². The first-order valence-electron chi connectivity index (χ1n) is 26.1. The van der Waals surface area contributed by atoms with Crippen molar-refractivity contribution < 1.29 is 32.6 Å². The zero-order valence-electron chi connectivity index (χ0n) is 46.1. The maximum Gasteiger partial charge on any atom is 0.481 e. The Morgan fingerprint density at radius 2 is 0.478 bits per heavy atom. The summed E-state index contributed by atoms with van der Waals surface area (Å²) in [5, 5.41) is 0. The molecule has 0 bridgehead atoms. The molecule has 9 heteroatoms. The van der Waals surface area contributed by atoms with Gasteiger partial charge in [-0.1, -0.05) is 140 Å². The van der Waals surface area contributed by atoms with Crippen LogP contribution in [0.15, 0.2) is 140 Å². The number of hydrogen-bond donors (Lipinski definition) is 3. The van der Waals surface area contributed by atoms with Gasteiger partial charge in [-0.05, 0) is 231 Å². The quantitative estimate of drug-likeness (QED) is 0.0417. The predicted molar refractivity (Wildman–Crippen MR) is 301 cm³/mol. The maximum atomic E-state index is 11.5. The van der Waals surface area contributed by atoms with E-state index in [-0.39, 0.29) is 6.61 Å². The smallest absolute Gasteiger partial charge is 0.302 e. The minimum absolute atomic E-state index is 0.274. The normalized spacial score (nSPS) is 15.9. The van der Waals surface area contributed by atoms with Gasteiger partial charge in [-0.25, -0.2) is 9.13 Å².